The van der Waals surface area contributed by atoms with Crippen LogP contribution in [0, 0.1) is 11.3 Å². The van der Waals surface area contributed by atoms with Crippen molar-refractivity contribution in [1.82, 2.24) is 14.7 Å². The maximum absolute atomic E-state index is 8.91. The minimum Gasteiger partial charge on any atom is -0.345 e. The van der Waals surface area contributed by atoms with Crippen LogP contribution in [0.2, 0.25) is 0 Å². The highest BCUT2D eigenvalue weighted by molar-refractivity contribution is 9.10. The molecule has 0 aliphatic carbocycles. The van der Waals surface area contributed by atoms with E-state index in [0.29, 0.717) is 23.7 Å². The molecule has 0 unspecified atom stereocenters. The van der Waals surface area contributed by atoms with Gasteiger partial charge in [-0.3, -0.25) is 0 Å². The van der Waals surface area contributed by atoms with Crippen molar-refractivity contribution in [3.05, 3.63) is 58.0 Å². The summed E-state index contributed by atoms with van der Waals surface area (Å²) in [5.41, 5.74) is 2.40. The predicted octanol–water partition coefficient (Wildman–Crippen LogP) is 3.30. The van der Waals surface area contributed by atoms with Gasteiger partial charge in [0.15, 0.2) is 5.82 Å². The maximum Gasteiger partial charge on any atom is 0.274 e. The van der Waals surface area contributed by atoms with E-state index in [0.717, 1.165) is 15.7 Å². The maximum atomic E-state index is 8.91. The first-order chi connectivity index (χ1) is 10.2. The summed E-state index contributed by atoms with van der Waals surface area (Å²) in [4.78, 5) is 4.39. The third-order valence-electron chi connectivity index (χ3n) is 3.07. The molecular formula is C15H11BrN4O. The normalized spacial score (nSPS) is 10.5. The molecule has 0 atom stereocenters. The fourth-order valence-corrected chi connectivity index (χ4v) is 2.54. The van der Waals surface area contributed by atoms with Crippen LogP contribution in [-0.2, 0) is 13.5 Å². The van der Waals surface area contributed by atoms with Gasteiger partial charge in [-0.25, -0.2) is 0 Å². The Balaban J connectivity index is 1.86. The second-order valence-corrected chi connectivity index (χ2v) is 5.57. The lowest BCUT2D eigenvalue weighted by atomic mass is 10.1. The highest BCUT2D eigenvalue weighted by Crippen LogP contribution is 2.21. The van der Waals surface area contributed by atoms with Gasteiger partial charge in [-0.2, -0.15) is 10.2 Å². The van der Waals surface area contributed by atoms with Crippen LogP contribution in [0.25, 0.3) is 11.6 Å². The van der Waals surface area contributed by atoms with Crippen molar-refractivity contribution in [3.63, 3.8) is 0 Å². The first-order valence-electron chi connectivity index (χ1n) is 6.29. The van der Waals surface area contributed by atoms with Crippen molar-refractivity contribution in [2.75, 3.05) is 0 Å². The second kappa shape index (κ2) is 5.54. The molecule has 0 bridgehead atoms. The van der Waals surface area contributed by atoms with E-state index in [1.165, 1.54) is 0 Å². The van der Waals surface area contributed by atoms with Crippen molar-refractivity contribution in [3.8, 4) is 17.7 Å². The number of hydrogen-bond acceptors (Lipinski definition) is 4. The molecule has 3 aromatic rings. The summed E-state index contributed by atoms with van der Waals surface area (Å²) in [6, 6.07) is 11.8. The molecule has 0 radical (unpaired) electrons. The summed E-state index contributed by atoms with van der Waals surface area (Å²) in [6.07, 6.45) is 2.33. The van der Waals surface area contributed by atoms with Crippen LogP contribution in [0.5, 0.6) is 0 Å². The lowest BCUT2D eigenvalue weighted by molar-refractivity contribution is 0.421. The van der Waals surface area contributed by atoms with Gasteiger partial charge in [0.2, 0.25) is 0 Å². The van der Waals surface area contributed by atoms with Gasteiger partial charge in [0.25, 0.3) is 5.89 Å². The van der Waals surface area contributed by atoms with E-state index in [4.69, 9.17) is 9.78 Å². The van der Waals surface area contributed by atoms with Gasteiger partial charge in [0.05, 0.1) is 5.56 Å². The summed E-state index contributed by atoms with van der Waals surface area (Å²) >= 11 is 3.44. The van der Waals surface area contributed by atoms with E-state index in [1.807, 2.05) is 31.3 Å². The molecule has 104 valence electrons. The molecule has 21 heavy (non-hydrogen) atoms. The van der Waals surface area contributed by atoms with E-state index < -0.39 is 0 Å². The molecule has 1 aromatic carbocycles. The van der Waals surface area contributed by atoms with Gasteiger partial charge in [-0.05, 0) is 23.8 Å². The van der Waals surface area contributed by atoms with Gasteiger partial charge in [-0.15, -0.1) is 0 Å². The largest absolute Gasteiger partial charge is 0.345 e. The zero-order valence-electron chi connectivity index (χ0n) is 11.2. The Bertz CT molecular complexity index is 828. The molecule has 6 heteroatoms. The first-order valence-corrected chi connectivity index (χ1v) is 7.09. The number of halogens is 1. The molecule has 0 fully saturated rings. The van der Waals surface area contributed by atoms with Gasteiger partial charge >= 0.3 is 0 Å². The number of benzene rings is 1. The average molecular weight is 343 g/mol. The van der Waals surface area contributed by atoms with Gasteiger partial charge < -0.3 is 9.09 Å². The van der Waals surface area contributed by atoms with Gasteiger partial charge in [0, 0.05) is 24.1 Å². The average Bonchev–Trinajstić information content (AvgIpc) is 3.05. The van der Waals surface area contributed by atoms with E-state index in [1.54, 1.807) is 16.8 Å². The van der Waals surface area contributed by atoms with Gasteiger partial charge in [-0.1, -0.05) is 33.2 Å². The Morgan fingerprint density at radius 2 is 2.24 bits per heavy atom. The highest BCUT2D eigenvalue weighted by atomic mass is 79.9. The van der Waals surface area contributed by atoms with Crippen LogP contribution in [0.4, 0.5) is 0 Å². The Kier molecular flexibility index (Phi) is 3.59. The third-order valence-corrected chi connectivity index (χ3v) is 3.57. The van der Waals surface area contributed by atoms with Crippen molar-refractivity contribution in [1.29, 1.82) is 5.26 Å². The van der Waals surface area contributed by atoms with Crippen LogP contribution in [-0.4, -0.2) is 14.7 Å². The molecule has 0 saturated heterocycles. The number of aromatic nitrogens is 3. The van der Waals surface area contributed by atoms with Crippen molar-refractivity contribution in [2.24, 2.45) is 7.05 Å². The molecule has 2 heterocycles. The fourth-order valence-electron chi connectivity index (χ4n) is 2.10. The fraction of sp³-hybridized carbons (Fsp3) is 0.133. The Hall–Kier alpha value is -2.39. The van der Waals surface area contributed by atoms with Crippen LogP contribution >= 0.6 is 15.9 Å². The van der Waals surface area contributed by atoms with Crippen molar-refractivity contribution < 1.29 is 4.52 Å². The standard InChI is InChI=1S/C15H11BrN4O/c1-20-9-11(8-17)6-13(20)15-18-14(19-21-15)7-10-3-2-4-12(16)5-10/h2-6,9H,7H2,1H3. The van der Waals surface area contributed by atoms with Crippen molar-refractivity contribution in [2.45, 2.75) is 6.42 Å². The SMILES string of the molecule is Cn1cc(C#N)cc1-c1nc(Cc2cccc(Br)c2)no1. The Morgan fingerprint density at radius 1 is 1.38 bits per heavy atom. The van der Waals surface area contributed by atoms with E-state index >= 15 is 0 Å². The van der Waals surface area contributed by atoms with Crippen molar-refractivity contribution >= 4 is 15.9 Å². The van der Waals surface area contributed by atoms with Crippen LogP contribution in [0.1, 0.15) is 17.0 Å². The topological polar surface area (TPSA) is 67.6 Å². The molecule has 0 aliphatic rings. The number of aryl methyl sites for hydroxylation is 1. The molecule has 2 aromatic heterocycles. The minimum atomic E-state index is 0.420. The minimum absolute atomic E-state index is 0.420. The molecule has 0 aliphatic heterocycles. The monoisotopic (exact) mass is 342 g/mol. The molecule has 0 spiro atoms. The van der Waals surface area contributed by atoms with E-state index in [2.05, 4.69) is 32.1 Å². The molecule has 0 saturated carbocycles. The lowest BCUT2D eigenvalue weighted by Gasteiger charge is -1.97. The zero-order valence-corrected chi connectivity index (χ0v) is 12.8. The quantitative estimate of drug-likeness (QED) is 0.732. The van der Waals surface area contributed by atoms with E-state index in [9.17, 15) is 0 Å². The highest BCUT2D eigenvalue weighted by Gasteiger charge is 2.13. The van der Waals surface area contributed by atoms with E-state index in [-0.39, 0.29) is 0 Å². The lowest BCUT2D eigenvalue weighted by Crippen LogP contribution is -1.92. The summed E-state index contributed by atoms with van der Waals surface area (Å²) in [6.45, 7) is 0. The molecular weight excluding hydrogens is 332 g/mol. The Labute approximate surface area is 130 Å². The summed E-state index contributed by atoms with van der Waals surface area (Å²) in [5.74, 6) is 1.03. The number of nitriles is 1. The van der Waals surface area contributed by atoms with Crippen LogP contribution in [0.15, 0.2) is 45.5 Å². The van der Waals surface area contributed by atoms with Crippen LogP contribution < -0.4 is 0 Å². The van der Waals surface area contributed by atoms with Gasteiger partial charge in [0.1, 0.15) is 11.8 Å². The first kappa shape index (κ1) is 13.6. The summed E-state index contributed by atoms with van der Waals surface area (Å²) in [7, 11) is 1.84. The summed E-state index contributed by atoms with van der Waals surface area (Å²) in [5, 5.41) is 12.9. The number of hydrogen-bond donors (Lipinski definition) is 0. The number of nitrogens with zero attached hydrogens (tertiary/aromatic N) is 4. The second-order valence-electron chi connectivity index (χ2n) is 4.66. The predicted molar refractivity (Wildman–Crippen MR) is 80.4 cm³/mol. The molecule has 0 amide bonds. The Morgan fingerprint density at radius 3 is 2.95 bits per heavy atom. The number of rotatable bonds is 3. The van der Waals surface area contributed by atoms with Crippen LogP contribution in [0.3, 0.4) is 0 Å². The smallest absolute Gasteiger partial charge is 0.274 e. The molecule has 0 N–H and O–H groups in total. The summed E-state index contributed by atoms with van der Waals surface area (Å²) < 4.78 is 8.11. The molecule has 5 nitrogen and oxygen atoms in total. The third kappa shape index (κ3) is 2.88. The zero-order chi connectivity index (χ0) is 14.8. The molecule has 3 rings (SSSR count).